The molecule has 1 aromatic carbocycles. The molecule has 2 heteroatoms. The van der Waals surface area contributed by atoms with Gasteiger partial charge in [0.25, 0.3) is 0 Å². The van der Waals surface area contributed by atoms with Crippen LogP contribution >= 0.6 is 0 Å². The summed E-state index contributed by atoms with van der Waals surface area (Å²) in [6.45, 7) is 0. The zero-order valence-electron chi connectivity index (χ0n) is 6.99. The molecule has 1 aliphatic rings. The summed E-state index contributed by atoms with van der Waals surface area (Å²) in [7, 11) is 0. The van der Waals surface area contributed by atoms with Gasteiger partial charge in [0, 0.05) is 0 Å². The Balaban J connectivity index is 1.94. The summed E-state index contributed by atoms with van der Waals surface area (Å²) in [5, 5.41) is 4.94. The van der Waals surface area contributed by atoms with Gasteiger partial charge in [0.15, 0.2) is 0 Å². The van der Waals surface area contributed by atoms with Gasteiger partial charge in [-0.25, -0.2) is 0 Å². The summed E-state index contributed by atoms with van der Waals surface area (Å²) >= 11 is 0.861. The predicted octanol–water partition coefficient (Wildman–Crippen LogP) is 1.28. The van der Waals surface area contributed by atoms with E-state index in [1.807, 2.05) is 0 Å². The average Bonchev–Trinajstić information content (AvgIpc) is 2.59. The summed E-state index contributed by atoms with van der Waals surface area (Å²) in [4.78, 5) is 0. The van der Waals surface area contributed by atoms with E-state index in [0.717, 1.165) is 21.0 Å². The third-order valence-corrected chi connectivity index (χ3v) is 4.23. The van der Waals surface area contributed by atoms with Gasteiger partial charge in [0.1, 0.15) is 0 Å². The van der Waals surface area contributed by atoms with Gasteiger partial charge in [0.2, 0.25) is 0 Å². The molecule has 64 valence electrons. The van der Waals surface area contributed by atoms with Crippen LogP contribution in [0.2, 0.25) is 5.32 Å². The molecule has 0 amide bonds. The first-order chi connectivity index (χ1) is 5.95. The van der Waals surface area contributed by atoms with Crippen LogP contribution in [0, 0.1) is 0 Å². The SMILES string of the molecule is c1ccc(CC2C[Se]CN2)cc1. The molecule has 1 N–H and O–H groups in total. The van der Waals surface area contributed by atoms with Crippen molar-refractivity contribution in [2.75, 3.05) is 5.44 Å². The molecular formula is C10H13NSe. The Morgan fingerprint density at radius 2 is 2.17 bits per heavy atom. The van der Waals surface area contributed by atoms with Crippen molar-refractivity contribution in [1.82, 2.24) is 5.32 Å². The van der Waals surface area contributed by atoms with Gasteiger partial charge >= 0.3 is 79.4 Å². The number of nitrogens with one attached hydrogen (secondary N) is 1. The van der Waals surface area contributed by atoms with E-state index in [4.69, 9.17) is 0 Å². The number of hydrogen-bond acceptors (Lipinski definition) is 1. The van der Waals surface area contributed by atoms with E-state index < -0.39 is 0 Å². The molecule has 1 heterocycles. The zero-order chi connectivity index (χ0) is 8.23. The number of hydrogen-bond donors (Lipinski definition) is 1. The molecule has 0 bridgehead atoms. The van der Waals surface area contributed by atoms with Gasteiger partial charge in [-0.05, 0) is 0 Å². The second-order valence-electron chi connectivity index (χ2n) is 3.11. The first-order valence-electron chi connectivity index (χ1n) is 4.30. The Hall–Kier alpha value is -0.301. The summed E-state index contributed by atoms with van der Waals surface area (Å²) in [6.07, 6.45) is 1.21. The zero-order valence-corrected chi connectivity index (χ0v) is 8.71. The van der Waals surface area contributed by atoms with Crippen LogP contribution in [0.1, 0.15) is 5.56 Å². The molecule has 1 atom stereocenters. The molecule has 1 nitrogen and oxygen atoms in total. The summed E-state index contributed by atoms with van der Waals surface area (Å²) < 4.78 is 0. The molecular weight excluding hydrogens is 213 g/mol. The first-order valence-corrected chi connectivity index (χ1v) is 6.72. The van der Waals surface area contributed by atoms with E-state index in [0.29, 0.717) is 0 Å². The molecule has 1 fully saturated rings. The molecule has 12 heavy (non-hydrogen) atoms. The van der Waals surface area contributed by atoms with Crippen LogP contribution in [0.25, 0.3) is 0 Å². The molecule has 1 aromatic rings. The van der Waals surface area contributed by atoms with E-state index in [1.165, 1.54) is 22.7 Å². The molecule has 0 saturated carbocycles. The van der Waals surface area contributed by atoms with Crippen LogP contribution < -0.4 is 5.32 Å². The Bertz CT molecular complexity index is 229. The van der Waals surface area contributed by atoms with Crippen LogP contribution in [-0.2, 0) is 6.42 Å². The second kappa shape index (κ2) is 4.08. The Morgan fingerprint density at radius 3 is 2.83 bits per heavy atom. The van der Waals surface area contributed by atoms with Gasteiger partial charge in [-0.3, -0.25) is 0 Å². The van der Waals surface area contributed by atoms with Crippen LogP contribution in [0.15, 0.2) is 30.3 Å². The normalized spacial score (nSPS) is 22.8. The van der Waals surface area contributed by atoms with Crippen molar-refractivity contribution in [1.29, 1.82) is 0 Å². The Labute approximate surface area is 79.7 Å². The van der Waals surface area contributed by atoms with Crippen LogP contribution in [0.3, 0.4) is 0 Å². The summed E-state index contributed by atoms with van der Waals surface area (Å²) in [6, 6.07) is 11.5. The van der Waals surface area contributed by atoms with Crippen molar-refractivity contribution in [3.05, 3.63) is 35.9 Å². The summed E-state index contributed by atoms with van der Waals surface area (Å²) in [5.74, 6) is 0. The molecule has 0 aromatic heterocycles. The number of benzene rings is 1. The van der Waals surface area contributed by atoms with Crippen molar-refractivity contribution in [3.8, 4) is 0 Å². The topological polar surface area (TPSA) is 12.0 Å². The van der Waals surface area contributed by atoms with E-state index >= 15 is 0 Å². The van der Waals surface area contributed by atoms with Crippen LogP contribution in [0.5, 0.6) is 0 Å². The molecule has 0 aliphatic carbocycles. The molecule has 1 unspecified atom stereocenters. The maximum atomic E-state index is 3.53. The predicted molar refractivity (Wildman–Crippen MR) is 52.5 cm³/mol. The van der Waals surface area contributed by atoms with E-state index in [-0.39, 0.29) is 0 Å². The first kappa shape index (κ1) is 8.30. The monoisotopic (exact) mass is 227 g/mol. The van der Waals surface area contributed by atoms with Gasteiger partial charge in [-0.2, -0.15) is 0 Å². The Kier molecular flexibility index (Phi) is 2.83. The van der Waals surface area contributed by atoms with E-state index in [9.17, 15) is 0 Å². The fraction of sp³-hybridized carbons (Fsp3) is 0.400. The van der Waals surface area contributed by atoms with Gasteiger partial charge in [-0.1, -0.05) is 0 Å². The van der Waals surface area contributed by atoms with Gasteiger partial charge < -0.3 is 0 Å². The Morgan fingerprint density at radius 1 is 1.33 bits per heavy atom. The van der Waals surface area contributed by atoms with E-state index in [1.54, 1.807) is 0 Å². The van der Waals surface area contributed by atoms with Crippen molar-refractivity contribution in [3.63, 3.8) is 0 Å². The van der Waals surface area contributed by atoms with Crippen molar-refractivity contribution >= 4 is 15.0 Å². The third-order valence-electron chi connectivity index (χ3n) is 2.12. The number of rotatable bonds is 2. The molecule has 1 saturated heterocycles. The van der Waals surface area contributed by atoms with Crippen LogP contribution in [0.4, 0.5) is 0 Å². The molecule has 0 spiro atoms. The average molecular weight is 226 g/mol. The minimum absolute atomic E-state index is 0.757. The van der Waals surface area contributed by atoms with Crippen molar-refractivity contribution in [2.24, 2.45) is 0 Å². The molecule has 0 radical (unpaired) electrons. The maximum absolute atomic E-state index is 3.53. The van der Waals surface area contributed by atoms with Crippen LogP contribution in [-0.4, -0.2) is 26.4 Å². The third kappa shape index (κ3) is 2.10. The van der Waals surface area contributed by atoms with Gasteiger partial charge in [-0.15, -0.1) is 0 Å². The van der Waals surface area contributed by atoms with E-state index in [2.05, 4.69) is 35.6 Å². The molecule has 1 aliphatic heterocycles. The fourth-order valence-corrected chi connectivity index (χ4v) is 3.55. The van der Waals surface area contributed by atoms with Gasteiger partial charge in [0.05, 0.1) is 0 Å². The quantitative estimate of drug-likeness (QED) is 0.749. The fourth-order valence-electron chi connectivity index (χ4n) is 1.47. The second-order valence-corrected chi connectivity index (χ2v) is 5.27. The van der Waals surface area contributed by atoms with Crippen molar-refractivity contribution < 1.29 is 0 Å². The standard InChI is InChI=1S/C10H13NSe/c1-2-4-9(5-3-1)6-10-7-12-8-11-10/h1-5,10-11H,6-8H2. The van der Waals surface area contributed by atoms with Crippen molar-refractivity contribution in [2.45, 2.75) is 17.8 Å². The molecule has 2 rings (SSSR count). The summed E-state index contributed by atoms with van der Waals surface area (Å²) in [5.41, 5.74) is 2.73. The minimum atomic E-state index is 0.757.